The maximum atomic E-state index is 13.8. The predicted molar refractivity (Wildman–Crippen MR) is 136 cm³/mol. The normalized spacial score (nSPS) is 23.2. The largest absolute Gasteiger partial charge is 0.357 e. The summed E-state index contributed by atoms with van der Waals surface area (Å²) in [6.45, 7) is 0. The summed E-state index contributed by atoms with van der Waals surface area (Å²) in [5, 5.41) is 13.9. The van der Waals surface area contributed by atoms with E-state index < -0.39 is 52.4 Å². The summed E-state index contributed by atoms with van der Waals surface area (Å²) in [4.78, 5) is 54.6. The molecule has 3 heterocycles. The molecule has 9 nitrogen and oxygen atoms in total. The number of nitrogens with zero attached hydrogens (tertiary/aromatic N) is 3. The molecule has 3 aromatic carbocycles. The van der Waals surface area contributed by atoms with Crippen LogP contribution in [0.5, 0.6) is 0 Å². The molecule has 3 aliphatic rings. The summed E-state index contributed by atoms with van der Waals surface area (Å²) in [7, 11) is 0. The summed E-state index contributed by atoms with van der Waals surface area (Å²) in [6, 6.07) is 14.6. The Morgan fingerprint density at radius 2 is 1.71 bits per heavy atom. The number of hydrogen-bond acceptors (Lipinski definition) is 6. The molecule has 11 heteroatoms. The van der Waals surface area contributed by atoms with Crippen LogP contribution in [0.4, 0.5) is 21.5 Å². The van der Waals surface area contributed by atoms with Crippen molar-refractivity contribution in [3.05, 3.63) is 105 Å². The van der Waals surface area contributed by atoms with Crippen LogP contribution in [0.25, 0.3) is 6.08 Å². The Morgan fingerprint density at radius 3 is 2.45 bits per heavy atom. The first kappa shape index (κ1) is 23.8. The number of halogens is 2. The molecule has 0 unspecified atom stereocenters. The van der Waals surface area contributed by atoms with Gasteiger partial charge in [0.15, 0.2) is 0 Å². The Balaban J connectivity index is 1.42. The fourth-order valence-electron chi connectivity index (χ4n) is 5.65. The van der Waals surface area contributed by atoms with Crippen LogP contribution in [0.15, 0.2) is 72.9 Å². The van der Waals surface area contributed by atoms with Crippen LogP contribution in [0.2, 0.25) is 5.02 Å². The molecular formula is C27H18ClFN4O5. The maximum Gasteiger partial charge on any atom is 0.289 e. The summed E-state index contributed by atoms with van der Waals surface area (Å²) in [5.41, 5.74) is 1.62. The lowest BCUT2D eigenvalue weighted by atomic mass is 9.84. The van der Waals surface area contributed by atoms with Crippen molar-refractivity contribution in [1.82, 2.24) is 4.90 Å². The molecule has 0 spiro atoms. The molecule has 3 aromatic rings. The van der Waals surface area contributed by atoms with Crippen LogP contribution in [0.3, 0.4) is 0 Å². The molecule has 3 aliphatic heterocycles. The second-order valence-electron chi connectivity index (χ2n) is 9.23. The topological polar surface area (TPSA) is 113 Å². The smallest absolute Gasteiger partial charge is 0.289 e. The lowest BCUT2D eigenvalue weighted by Gasteiger charge is -2.35. The van der Waals surface area contributed by atoms with Crippen LogP contribution in [-0.2, 0) is 14.4 Å². The molecule has 6 rings (SSSR count). The highest BCUT2D eigenvalue weighted by atomic mass is 35.5. The monoisotopic (exact) mass is 532 g/mol. The van der Waals surface area contributed by atoms with E-state index in [0.717, 1.165) is 34.2 Å². The van der Waals surface area contributed by atoms with Crippen molar-refractivity contribution < 1.29 is 23.7 Å². The van der Waals surface area contributed by atoms with Gasteiger partial charge in [-0.2, -0.15) is 0 Å². The minimum atomic E-state index is -1.09. The maximum absolute atomic E-state index is 13.8. The number of nitrogens with one attached hydrogen (secondary N) is 1. The molecule has 4 atom stereocenters. The molecule has 0 saturated carbocycles. The van der Waals surface area contributed by atoms with E-state index in [1.807, 2.05) is 30.3 Å². The van der Waals surface area contributed by atoms with Crippen LogP contribution in [-0.4, -0.2) is 33.6 Å². The number of amides is 3. The van der Waals surface area contributed by atoms with Crippen molar-refractivity contribution in [2.45, 2.75) is 12.1 Å². The Labute approximate surface area is 220 Å². The van der Waals surface area contributed by atoms with Gasteiger partial charge >= 0.3 is 0 Å². The third-order valence-corrected chi connectivity index (χ3v) is 7.55. The molecule has 2 saturated heterocycles. The Morgan fingerprint density at radius 1 is 1.00 bits per heavy atom. The summed E-state index contributed by atoms with van der Waals surface area (Å²) >= 11 is 5.90. The lowest BCUT2D eigenvalue weighted by molar-refractivity contribution is -0.384. The SMILES string of the molecule is O=C(Nc1ccc(Cl)c([N+](=O)[O-])c1)[C@H]1[C@H]2C(=O)N(c3ccc(F)cc3)C(=O)[C@@H]2[C@H]2c3ccccc3C=CN21. The number of benzene rings is 3. The van der Waals surface area contributed by atoms with Crippen molar-refractivity contribution in [3.63, 3.8) is 0 Å². The fraction of sp³-hybridized carbons (Fsp3) is 0.148. The molecule has 3 amide bonds. The minimum absolute atomic E-state index is 0.0870. The second-order valence-corrected chi connectivity index (χ2v) is 9.64. The van der Waals surface area contributed by atoms with Crippen molar-refractivity contribution in [2.24, 2.45) is 11.8 Å². The van der Waals surface area contributed by atoms with Crippen LogP contribution < -0.4 is 10.2 Å². The number of carbonyl (C=O) groups is 3. The zero-order chi connectivity index (χ0) is 26.7. The van der Waals surface area contributed by atoms with Gasteiger partial charge in [0, 0.05) is 18.0 Å². The number of carbonyl (C=O) groups excluding carboxylic acids is 3. The van der Waals surface area contributed by atoms with Gasteiger partial charge in [0.25, 0.3) is 5.69 Å². The highest BCUT2D eigenvalue weighted by molar-refractivity contribution is 6.32. The Bertz CT molecular complexity index is 1560. The van der Waals surface area contributed by atoms with Crippen molar-refractivity contribution in [1.29, 1.82) is 0 Å². The van der Waals surface area contributed by atoms with E-state index in [2.05, 4.69) is 5.32 Å². The molecular weight excluding hydrogens is 515 g/mol. The van der Waals surface area contributed by atoms with Crippen molar-refractivity contribution >= 4 is 52.5 Å². The minimum Gasteiger partial charge on any atom is -0.357 e. The van der Waals surface area contributed by atoms with Gasteiger partial charge in [0.2, 0.25) is 17.7 Å². The van der Waals surface area contributed by atoms with E-state index in [-0.39, 0.29) is 22.1 Å². The van der Waals surface area contributed by atoms with Gasteiger partial charge in [-0.3, -0.25) is 24.5 Å². The number of nitro groups is 1. The van der Waals surface area contributed by atoms with Crippen molar-refractivity contribution in [2.75, 3.05) is 10.2 Å². The third kappa shape index (κ3) is 3.56. The quantitative estimate of drug-likeness (QED) is 0.300. The first-order chi connectivity index (χ1) is 18.3. The molecule has 0 aromatic heterocycles. The summed E-state index contributed by atoms with van der Waals surface area (Å²) < 4.78 is 13.6. The number of anilines is 2. The van der Waals surface area contributed by atoms with E-state index in [4.69, 9.17) is 11.6 Å². The highest BCUT2D eigenvalue weighted by Crippen LogP contribution is 2.53. The number of imide groups is 1. The molecule has 0 radical (unpaired) electrons. The number of hydrogen-bond donors (Lipinski definition) is 1. The van der Waals surface area contributed by atoms with E-state index >= 15 is 0 Å². The Kier molecular flexibility index (Phi) is 5.50. The molecule has 190 valence electrons. The summed E-state index contributed by atoms with van der Waals surface area (Å²) in [6.07, 6.45) is 3.51. The molecule has 0 aliphatic carbocycles. The zero-order valence-electron chi connectivity index (χ0n) is 19.5. The molecule has 2 fully saturated rings. The van der Waals surface area contributed by atoms with Crippen molar-refractivity contribution in [3.8, 4) is 0 Å². The van der Waals surface area contributed by atoms with E-state index in [1.165, 1.54) is 24.3 Å². The average Bonchev–Trinajstić information content (AvgIpc) is 3.38. The highest BCUT2D eigenvalue weighted by Gasteiger charge is 2.64. The Hall–Kier alpha value is -4.57. The second kappa shape index (κ2) is 8.77. The average molecular weight is 533 g/mol. The first-order valence-electron chi connectivity index (χ1n) is 11.7. The van der Waals surface area contributed by atoms with Gasteiger partial charge in [-0.05, 0) is 53.6 Å². The van der Waals surface area contributed by atoms with Gasteiger partial charge in [0.1, 0.15) is 16.9 Å². The number of fused-ring (bicyclic) bond motifs is 5. The van der Waals surface area contributed by atoms with Crippen LogP contribution in [0, 0.1) is 27.8 Å². The van der Waals surface area contributed by atoms with Gasteiger partial charge in [-0.1, -0.05) is 35.9 Å². The third-order valence-electron chi connectivity index (χ3n) is 7.23. The summed E-state index contributed by atoms with van der Waals surface area (Å²) in [5.74, 6) is -4.10. The predicted octanol–water partition coefficient (Wildman–Crippen LogP) is 4.54. The van der Waals surface area contributed by atoms with E-state index in [1.54, 1.807) is 11.1 Å². The van der Waals surface area contributed by atoms with E-state index in [9.17, 15) is 28.9 Å². The van der Waals surface area contributed by atoms with Crippen LogP contribution in [0.1, 0.15) is 17.2 Å². The van der Waals surface area contributed by atoms with Gasteiger partial charge in [-0.15, -0.1) is 0 Å². The zero-order valence-corrected chi connectivity index (χ0v) is 20.2. The van der Waals surface area contributed by atoms with Crippen LogP contribution >= 0.6 is 11.6 Å². The molecule has 1 N–H and O–H groups in total. The lowest BCUT2D eigenvalue weighted by Crippen LogP contribution is -2.46. The molecule has 0 bridgehead atoms. The van der Waals surface area contributed by atoms with E-state index in [0.29, 0.717) is 0 Å². The fourth-order valence-corrected chi connectivity index (χ4v) is 5.83. The molecule has 38 heavy (non-hydrogen) atoms. The van der Waals surface area contributed by atoms with Gasteiger partial charge < -0.3 is 10.2 Å². The van der Waals surface area contributed by atoms with Gasteiger partial charge in [0.05, 0.1) is 28.5 Å². The number of nitro benzene ring substituents is 1. The van der Waals surface area contributed by atoms with Gasteiger partial charge in [-0.25, -0.2) is 9.29 Å². The first-order valence-corrected chi connectivity index (χ1v) is 12.1. The standard InChI is InChI=1S/C27H18ClFN4O5/c28-19-10-7-16(13-20(19)33(37)38)30-25(34)24-22-21(23-18-4-2-1-3-14(18)11-12-31(23)24)26(35)32(27(22)36)17-8-5-15(29)6-9-17/h1-13,21-24H,(H,30,34)/t21-,22-,23+,24+/m0/s1. The number of rotatable bonds is 4.